The van der Waals surface area contributed by atoms with Gasteiger partial charge in [0, 0.05) is 11.1 Å². The highest BCUT2D eigenvalue weighted by Crippen LogP contribution is 2.51. The molecule has 12 nitrogen and oxygen atoms in total. The first-order chi connectivity index (χ1) is 26.7. The molecule has 54 heavy (non-hydrogen) atoms. The summed E-state index contributed by atoms with van der Waals surface area (Å²) in [6.45, 7) is 5.68. The Hall–Kier alpha value is -4.82. The van der Waals surface area contributed by atoms with Crippen LogP contribution in [-0.4, -0.2) is 116 Å². The molecule has 4 bridgehead atoms. The number of hydrogen-bond acceptors (Lipinski definition) is 12. The van der Waals surface area contributed by atoms with E-state index in [0.717, 1.165) is 21.5 Å². The first-order valence-electron chi connectivity index (χ1n) is 18.3. The number of hydrogen-bond donors (Lipinski definition) is 2. The minimum absolute atomic E-state index is 0.0940. The van der Waals surface area contributed by atoms with Crippen LogP contribution in [-0.2, 0) is 28.4 Å². The molecular weight excluding hydrogens is 696 g/mol. The summed E-state index contributed by atoms with van der Waals surface area (Å²) in [7, 11) is 0. The number of phenols is 2. The van der Waals surface area contributed by atoms with Gasteiger partial charge in [-0.1, -0.05) is 60.7 Å². The van der Waals surface area contributed by atoms with E-state index in [-0.39, 0.29) is 49.4 Å². The molecule has 1 aliphatic rings. The van der Waals surface area contributed by atoms with E-state index in [9.17, 15) is 10.2 Å². The standard InChI is InChI=1S/C42H48O12/c43-41-37-29-31-7-1-3-9-33(31)39(41)40-34-10-4-2-8-32(34)30-38(42(40)44)54-28-24-50-20-16-46-14-18-48-22-26-52-36-12-6-5-11-35(36)51-25-21-47-17-13-45-15-19-49-23-27-53-37/h1-12,29-30,43-44H,13-28H2. The van der Waals surface area contributed by atoms with Crippen molar-refractivity contribution in [3.8, 4) is 45.6 Å². The molecule has 0 spiro atoms. The van der Waals surface area contributed by atoms with E-state index >= 15 is 0 Å². The highest BCUT2D eigenvalue weighted by molar-refractivity contribution is 6.11. The smallest absolute Gasteiger partial charge is 0.166 e. The average Bonchev–Trinajstić information content (AvgIpc) is 3.19. The molecule has 0 unspecified atom stereocenters. The fourth-order valence-electron chi connectivity index (χ4n) is 5.96. The monoisotopic (exact) mass is 744 g/mol. The molecule has 0 amide bonds. The summed E-state index contributed by atoms with van der Waals surface area (Å²) in [5, 5.41) is 26.6. The predicted molar refractivity (Wildman–Crippen MR) is 204 cm³/mol. The van der Waals surface area contributed by atoms with Gasteiger partial charge in [-0.25, -0.2) is 0 Å². The van der Waals surface area contributed by atoms with Crippen molar-refractivity contribution < 1.29 is 57.6 Å². The van der Waals surface area contributed by atoms with Gasteiger partial charge in [-0.15, -0.1) is 0 Å². The van der Waals surface area contributed by atoms with E-state index in [1.54, 1.807) is 12.1 Å². The molecule has 0 aliphatic carbocycles. The van der Waals surface area contributed by atoms with Crippen LogP contribution in [0.2, 0.25) is 0 Å². The van der Waals surface area contributed by atoms with Crippen LogP contribution in [0.5, 0.6) is 34.5 Å². The molecule has 5 aromatic rings. The first-order valence-corrected chi connectivity index (χ1v) is 18.3. The number of aromatic hydroxyl groups is 2. The molecule has 0 saturated heterocycles. The van der Waals surface area contributed by atoms with E-state index in [4.69, 9.17) is 47.4 Å². The number of fused-ring (bicyclic) bond motifs is 10. The van der Waals surface area contributed by atoms with Gasteiger partial charge < -0.3 is 57.6 Å². The molecule has 1 heterocycles. The third-order valence-electron chi connectivity index (χ3n) is 8.50. The zero-order chi connectivity index (χ0) is 37.2. The van der Waals surface area contributed by atoms with Gasteiger partial charge in [0.15, 0.2) is 34.5 Å². The summed E-state index contributed by atoms with van der Waals surface area (Å²) >= 11 is 0. The normalized spacial score (nSPS) is 17.1. The van der Waals surface area contributed by atoms with E-state index in [1.807, 2.05) is 72.8 Å². The third-order valence-corrected chi connectivity index (χ3v) is 8.50. The summed E-state index contributed by atoms with van der Waals surface area (Å²) in [6, 6.07) is 26.4. The summed E-state index contributed by atoms with van der Waals surface area (Å²) in [6.07, 6.45) is 0. The van der Waals surface area contributed by atoms with Gasteiger partial charge in [0.1, 0.15) is 26.4 Å². The van der Waals surface area contributed by atoms with Crippen molar-refractivity contribution in [1.82, 2.24) is 0 Å². The maximum Gasteiger partial charge on any atom is 0.166 e. The fraction of sp³-hybridized carbons (Fsp3) is 0.381. The Kier molecular flexibility index (Phi) is 15.2. The quantitative estimate of drug-likeness (QED) is 0.182. The topological polar surface area (TPSA) is 133 Å². The Labute approximate surface area is 314 Å². The van der Waals surface area contributed by atoms with Gasteiger partial charge >= 0.3 is 0 Å². The number of benzene rings is 5. The van der Waals surface area contributed by atoms with E-state index in [1.165, 1.54) is 0 Å². The van der Waals surface area contributed by atoms with Crippen LogP contribution >= 0.6 is 0 Å². The lowest BCUT2D eigenvalue weighted by atomic mass is 9.91. The van der Waals surface area contributed by atoms with Gasteiger partial charge in [0.05, 0.1) is 79.3 Å². The van der Waals surface area contributed by atoms with Crippen LogP contribution in [0.3, 0.4) is 0 Å². The second kappa shape index (κ2) is 21.2. The Morgan fingerprint density at radius 2 is 0.593 bits per heavy atom. The Bertz CT molecular complexity index is 1760. The highest BCUT2D eigenvalue weighted by Gasteiger charge is 2.23. The summed E-state index contributed by atoms with van der Waals surface area (Å²) < 4.78 is 57.8. The van der Waals surface area contributed by atoms with Gasteiger partial charge in [0.25, 0.3) is 0 Å². The minimum atomic E-state index is -0.0940. The summed E-state index contributed by atoms with van der Waals surface area (Å²) in [5.41, 5.74) is 0.884. The molecule has 1 aliphatic heterocycles. The van der Waals surface area contributed by atoms with E-state index < -0.39 is 0 Å². The van der Waals surface area contributed by atoms with E-state index in [0.29, 0.717) is 102 Å². The van der Waals surface area contributed by atoms with Crippen LogP contribution in [0.15, 0.2) is 84.9 Å². The van der Waals surface area contributed by atoms with Crippen molar-refractivity contribution in [2.45, 2.75) is 0 Å². The first kappa shape index (κ1) is 38.9. The van der Waals surface area contributed by atoms with Crippen molar-refractivity contribution in [3.63, 3.8) is 0 Å². The lowest BCUT2D eigenvalue weighted by Crippen LogP contribution is -2.15. The Morgan fingerprint density at radius 3 is 0.944 bits per heavy atom. The molecule has 6 rings (SSSR count). The molecule has 12 heteroatoms. The second-order valence-electron chi connectivity index (χ2n) is 12.2. The average molecular weight is 745 g/mol. The number of ether oxygens (including phenoxy) is 10. The van der Waals surface area contributed by atoms with Crippen LogP contribution in [0, 0.1) is 0 Å². The number of phenolic OH excluding ortho intramolecular Hbond substituents is 2. The third kappa shape index (κ3) is 10.9. The van der Waals surface area contributed by atoms with Crippen molar-refractivity contribution in [1.29, 1.82) is 0 Å². The lowest BCUT2D eigenvalue weighted by Gasteiger charge is -2.19. The van der Waals surface area contributed by atoms with E-state index in [2.05, 4.69) is 0 Å². The number of rotatable bonds is 0. The molecule has 0 fully saturated rings. The molecular formula is C42H48O12. The maximum atomic E-state index is 11.7. The molecule has 288 valence electrons. The number of para-hydroxylation sites is 2. The molecule has 0 saturated carbocycles. The molecule has 0 aromatic heterocycles. The second-order valence-corrected chi connectivity index (χ2v) is 12.2. The van der Waals surface area contributed by atoms with Crippen molar-refractivity contribution in [2.24, 2.45) is 0 Å². The predicted octanol–water partition coefficient (Wildman–Crippen LogP) is 6.40. The highest BCUT2D eigenvalue weighted by atomic mass is 16.6. The Balaban J connectivity index is 1.12. The zero-order valence-electron chi connectivity index (χ0n) is 30.4. The van der Waals surface area contributed by atoms with Crippen molar-refractivity contribution in [2.75, 3.05) is 106 Å². The SMILES string of the molecule is Oc1c2cc3ccccc3c1-c1c(O)c(cc3ccccc13)OCCOCCOCCOCCOc1ccccc1OCCOCCOCCOCCO2. The van der Waals surface area contributed by atoms with Gasteiger partial charge in [-0.2, -0.15) is 0 Å². The van der Waals surface area contributed by atoms with Crippen LogP contribution in [0.4, 0.5) is 0 Å². The van der Waals surface area contributed by atoms with Crippen LogP contribution in [0.25, 0.3) is 32.7 Å². The van der Waals surface area contributed by atoms with Crippen molar-refractivity contribution >= 4 is 21.5 Å². The maximum absolute atomic E-state index is 11.7. The summed E-state index contributed by atoms with van der Waals surface area (Å²) in [4.78, 5) is 0. The zero-order valence-corrected chi connectivity index (χ0v) is 30.4. The molecule has 0 radical (unpaired) electrons. The van der Waals surface area contributed by atoms with Gasteiger partial charge in [-0.05, 0) is 45.8 Å². The fourth-order valence-corrected chi connectivity index (χ4v) is 5.96. The van der Waals surface area contributed by atoms with Crippen LogP contribution < -0.4 is 18.9 Å². The molecule has 5 aromatic carbocycles. The van der Waals surface area contributed by atoms with Gasteiger partial charge in [-0.3, -0.25) is 0 Å². The largest absolute Gasteiger partial charge is 0.504 e. The van der Waals surface area contributed by atoms with Gasteiger partial charge in [0.2, 0.25) is 0 Å². The molecule has 2 N–H and O–H groups in total. The van der Waals surface area contributed by atoms with Crippen LogP contribution in [0.1, 0.15) is 0 Å². The Morgan fingerprint density at radius 1 is 0.315 bits per heavy atom. The van der Waals surface area contributed by atoms with Crippen molar-refractivity contribution in [3.05, 3.63) is 84.9 Å². The minimum Gasteiger partial charge on any atom is -0.504 e. The summed E-state index contributed by atoms with van der Waals surface area (Å²) in [5.74, 6) is 1.63. The lowest BCUT2D eigenvalue weighted by molar-refractivity contribution is 0.00361. The molecule has 0 atom stereocenters.